The molecule has 0 radical (unpaired) electrons. The Morgan fingerprint density at radius 1 is 1.11 bits per heavy atom. The van der Waals surface area contributed by atoms with E-state index in [0.717, 1.165) is 94.8 Å². The summed E-state index contributed by atoms with van der Waals surface area (Å²) in [6.07, 6.45) is 7.86. The van der Waals surface area contributed by atoms with Crippen LogP contribution in [0.1, 0.15) is 55.5 Å². The minimum atomic E-state index is -0.0695. The van der Waals surface area contributed by atoms with Crippen molar-refractivity contribution < 1.29 is 19.4 Å². The average molecular weight is 496 g/mol. The van der Waals surface area contributed by atoms with E-state index in [1.165, 1.54) is 5.56 Å². The first-order valence-electron chi connectivity index (χ1n) is 13.5. The van der Waals surface area contributed by atoms with Gasteiger partial charge in [-0.1, -0.05) is 38.1 Å². The van der Waals surface area contributed by atoms with Crippen LogP contribution in [0.3, 0.4) is 0 Å². The van der Waals surface area contributed by atoms with Crippen molar-refractivity contribution in [3.63, 3.8) is 0 Å². The van der Waals surface area contributed by atoms with Gasteiger partial charge in [-0.3, -0.25) is 14.7 Å². The summed E-state index contributed by atoms with van der Waals surface area (Å²) in [6, 6.07) is 10.3. The molecule has 3 fully saturated rings. The predicted octanol–water partition coefficient (Wildman–Crippen LogP) is 3.83. The van der Waals surface area contributed by atoms with E-state index < -0.39 is 0 Å². The zero-order valence-electron chi connectivity index (χ0n) is 22.0. The lowest BCUT2D eigenvalue weighted by Gasteiger charge is -2.40. The molecule has 196 valence electrons. The molecule has 4 aliphatic rings. The molecule has 7 nitrogen and oxygen atoms in total. The van der Waals surface area contributed by atoms with Gasteiger partial charge in [-0.15, -0.1) is 0 Å². The highest BCUT2D eigenvalue weighted by molar-refractivity contribution is 5.76. The molecule has 3 saturated heterocycles. The summed E-state index contributed by atoms with van der Waals surface area (Å²) in [5.41, 5.74) is 3.83. The third kappa shape index (κ3) is 6.32. The van der Waals surface area contributed by atoms with Crippen LogP contribution in [0, 0.1) is 0 Å². The highest BCUT2D eigenvalue weighted by Crippen LogP contribution is 2.42. The molecule has 1 aromatic heterocycles. The number of rotatable bonds is 3. The summed E-state index contributed by atoms with van der Waals surface area (Å²) in [5, 5.41) is 8.86. The van der Waals surface area contributed by atoms with Crippen molar-refractivity contribution in [2.75, 3.05) is 46.4 Å². The molecule has 6 rings (SSSR count). The highest BCUT2D eigenvalue weighted by atomic mass is 16.5. The number of aliphatic hydroxyl groups excluding tert-OH is 1. The third-order valence-corrected chi connectivity index (χ3v) is 7.63. The number of carbonyl (C=O) groups is 1. The number of hydrogen-bond acceptors (Lipinski definition) is 7. The topological polar surface area (TPSA) is 75.1 Å². The summed E-state index contributed by atoms with van der Waals surface area (Å²) in [7, 11) is 2.02. The molecule has 0 saturated carbocycles. The van der Waals surface area contributed by atoms with Crippen molar-refractivity contribution in [1.29, 1.82) is 0 Å². The minimum Gasteiger partial charge on any atom is -0.485 e. The quantitative estimate of drug-likeness (QED) is 0.649. The second-order valence-electron chi connectivity index (χ2n) is 10.1. The Labute approximate surface area is 215 Å². The van der Waals surface area contributed by atoms with Crippen LogP contribution in [0.25, 0.3) is 11.3 Å². The number of aldehydes is 1. The van der Waals surface area contributed by atoms with Crippen LogP contribution in [0.4, 0.5) is 0 Å². The van der Waals surface area contributed by atoms with E-state index in [2.05, 4.69) is 20.9 Å². The maximum absolute atomic E-state index is 10.8. The van der Waals surface area contributed by atoms with E-state index in [4.69, 9.17) is 14.6 Å². The third-order valence-electron chi connectivity index (χ3n) is 7.63. The number of fused-ring (bicyclic) bond motifs is 1. The molecule has 1 N–H and O–H groups in total. The van der Waals surface area contributed by atoms with Gasteiger partial charge in [0.1, 0.15) is 17.6 Å². The molecule has 2 atom stereocenters. The van der Waals surface area contributed by atoms with Crippen LogP contribution < -0.4 is 4.74 Å². The first-order valence-corrected chi connectivity index (χ1v) is 13.5. The molecule has 2 aromatic rings. The SMILES string of the molecule is CC.CN1CCC(O)C1.O=Cc1ccc(-c2cc3c(cn2)OC2(CCN(C4CCOC4)CC2)C3)cc1. The number of β-amino-alcohol motifs (C(OH)–C–C–N with tert-alkyl or cyclic N) is 1. The first-order chi connectivity index (χ1) is 17.5. The monoisotopic (exact) mass is 495 g/mol. The van der Waals surface area contributed by atoms with E-state index in [0.29, 0.717) is 11.6 Å². The summed E-state index contributed by atoms with van der Waals surface area (Å²) >= 11 is 0. The van der Waals surface area contributed by atoms with Crippen LogP contribution in [0.15, 0.2) is 36.5 Å². The molecule has 1 aromatic carbocycles. The predicted molar refractivity (Wildman–Crippen MR) is 142 cm³/mol. The number of likely N-dealkylation sites (tertiary alicyclic amines) is 2. The molecule has 4 aliphatic heterocycles. The number of benzene rings is 1. The maximum atomic E-state index is 10.8. The number of aromatic nitrogens is 1. The Kier molecular flexibility index (Phi) is 9.12. The standard InChI is InChI=1S/C22H24N2O3.C5H11NO.C2H6/c25-14-16-1-3-17(4-2-16)20-11-18-12-22(27-21(18)13-23-20)6-8-24(9-7-22)19-5-10-26-15-19;1-6-3-2-5(7)4-6;1-2/h1-4,11,13-14,19H,5-10,12,15H2;5,7H,2-4H2,1H3;1-2H3. The van der Waals surface area contributed by atoms with Gasteiger partial charge in [0.15, 0.2) is 0 Å². The highest BCUT2D eigenvalue weighted by Gasteiger charge is 2.43. The normalized spacial score (nSPS) is 24.8. The fraction of sp³-hybridized carbons (Fsp3) is 0.586. The van der Waals surface area contributed by atoms with E-state index in [9.17, 15) is 4.79 Å². The average Bonchev–Trinajstić information content (AvgIpc) is 3.66. The maximum Gasteiger partial charge on any atom is 0.150 e. The first kappa shape index (κ1) is 26.7. The molecule has 2 unspecified atom stereocenters. The zero-order valence-corrected chi connectivity index (χ0v) is 22.0. The van der Waals surface area contributed by atoms with E-state index in [1.54, 1.807) is 0 Å². The molecular weight excluding hydrogens is 454 g/mol. The van der Waals surface area contributed by atoms with Gasteiger partial charge in [0.2, 0.25) is 0 Å². The van der Waals surface area contributed by atoms with Crippen molar-refractivity contribution in [3.05, 3.63) is 47.7 Å². The van der Waals surface area contributed by atoms with E-state index in [1.807, 2.05) is 51.4 Å². The van der Waals surface area contributed by atoms with Gasteiger partial charge < -0.3 is 19.5 Å². The van der Waals surface area contributed by atoms with E-state index in [-0.39, 0.29) is 11.7 Å². The number of pyridine rings is 1. The molecule has 0 amide bonds. The van der Waals surface area contributed by atoms with Crippen LogP contribution in [0.2, 0.25) is 0 Å². The van der Waals surface area contributed by atoms with Gasteiger partial charge in [0.25, 0.3) is 0 Å². The fourth-order valence-corrected chi connectivity index (χ4v) is 5.52. The summed E-state index contributed by atoms with van der Waals surface area (Å²) in [5.74, 6) is 0.931. The number of nitrogens with zero attached hydrogens (tertiary/aromatic N) is 3. The van der Waals surface area contributed by atoms with E-state index >= 15 is 0 Å². The molecule has 0 bridgehead atoms. The smallest absolute Gasteiger partial charge is 0.150 e. The Balaban J connectivity index is 0.000000290. The number of likely N-dealkylation sites (N-methyl/N-ethyl adjacent to an activating group) is 1. The summed E-state index contributed by atoms with van der Waals surface area (Å²) < 4.78 is 12.0. The number of aliphatic hydroxyl groups is 1. The van der Waals surface area contributed by atoms with Crippen LogP contribution in [-0.2, 0) is 11.2 Å². The minimum absolute atomic E-state index is 0.0509. The second kappa shape index (κ2) is 12.3. The number of piperidine rings is 1. The molecule has 7 heteroatoms. The lowest BCUT2D eigenvalue weighted by atomic mass is 9.86. The lowest BCUT2D eigenvalue weighted by Crippen LogP contribution is -2.50. The van der Waals surface area contributed by atoms with Gasteiger partial charge in [0, 0.05) is 74.8 Å². The van der Waals surface area contributed by atoms with Crippen molar-refractivity contribution >= 4 is 6.29 Å². The van der Waals surface area contributed by atoms with Gasteiger partial charge in [-0.05, 0) is 26.0 Å². The summed E-state index contributed by atoms with van der Waals surface area (Å²) in [4.78, 5) is 20.1. The molecular formula is C29H41N3O4. The molecule has 1 spiro atoms. The zero-order chi connectivity index (χ0) is 25.5. The second-order valence-corrected chi connectivity index (χ2v) is 10.1. The van der Waals surface area contributed by atoms with Gasteiger partial charge in [-0.25, -0.2) is 0 Å². The van der Waals surface area contributed by atoms with Gasteiger partial charge in [0.05, 0.1) is 24.6 Å². The van der Waals surface area contributed by atoms with Crippen LogP contribution in [0.5, 0.6) is 5.75 Å². The van der Waals surface area contributed by atoms with Crippen LogP contribution in [-0.4, -0.2) is 90.4 Å². The number of carbonyl (C=O) groups excluding carboxylic acids is 1. The Hall–Kier alpha value is -2.32. The lowest BCUT2D eigenvalue weighted by molar-refractivity contribution is 0.00385. The molecule has 36 heavy (non-hydrogen) atoms. The van der Waals surface area contributed by atoms with Crippen molar-refractivity contribution in [2.45, 2.75) is 63.7 Å². The van der Waals surface area contributed by atoms with Crippen molar-refractivity contribution in [2.24, 2.45) is 0 Å². The largest absolute Gasteiger partial charge is 0.485 e. The molecule has 0 aliphatic carbocycles. The Bertz CT molecular complexity index is 975. The van der Waals surface area contributed by atoms with Crippen molar-refractivity contribution in [1.82, 2.24) is 14.8 Å². The van der Waals surface area contributed by atoms with Crippen molar-refractivity contribution in [3.8, 4) is 17.0 Å². The van der Waals surface area contributed by atoms with Gasteiger partial charge in [-0.2, -0.15) is 0 Å². The Morgan fingerprint density at radius 2 is 1.86 bits per heavy atom. The Morgan fingerprint density at radius 3 is 2.42 bits per heavy atom. The fourth-order valence-electron chi connectivity index (χ4n) is 5.52. The number of hydrogen-bond donors (Lipinski definition) is 1. The number of ether oxygens (including phenoxy) is 2. The molecule has 5 heterocycles. The van der Waals surface area contributed by atoms with Crippen LogP contribution >= 0.6 is 0 Å². The summed E-state index contributed by atoms with van der Waals surface area (Å²) in [6.45, 7) is 9.85. The van der Waals surface area contributed by atoms with Gasteiger partial charge >= 0.3 is 0 Å².